The summed E-state index contributed by atoms with van der Waals surface area (Å²) in [6.07, 6.45) is 5.42. The Morgan fingerprint density at radius 1 is 1.26 bits per heavy atom. The zero-order chi connectivity index (χ0) is 13.7. The Balaban J connectivity index is 1.83. The van der Waals surface area contributed by atoms with Gasteiger partial charge in [0.1, 0.15) is 0 Å². The Hall–Kier alpha value is -0.380. The number of nitrogens with two attached hydrogens (primary N) is 1. The van der Waals surface area contributed by atoms with Crippen LogP contribution in [-0.4, -0.2) is 24.0 Å². The lowest BCUT2D eigenvalue weighted by Gasteiger charge is -2.34. The lowest BCUT2D eigenvalue weighted by molar-refractivity contribution is 0.147. The quantitative estimate of drug-likeness (QED) is 0.860. The molecule has 1 fully saturated rings. The van der Waals surface area contributed by atoms with Gasteiger partial charge in [-0.25, -0.2) is 0 Å². The van der Waals surface area contributed by atoms with E-state index in [4.69, 9.17) is 5.73 Å². The summed E-state index contributed by atoms with van der Waals surface area (Å²) in [6.45, 7) is 7.90. The van der Waals surface area contributed by atoms with Gasteiger partial charge < -0.3 is 5.73 Å². The Morgan fingerprint density at radius 3 is 2.47 bits per heavy atom. The zero-order valence-electron chi connectivity index (χ0n) is 12.3. The van der Waals surface area contributed by atoms with Crippen LogP contribution < -0.4 is 5.73 Å². The van der Waals surface area contributed by atoms with Gasteiger partial charge in [0.25, 0.3) is 0 Å². The van der Waals surface area contributed by atoms with Crippen molar-refractivity contribution in [2.75, 3.05) is 13.1 Å². The predicted octanol–water partition coefficient (Wildman–Crippen LogP) is 3.72. The van der Waals surface area contributed by atoms with E-state index in [2.05, 4.69) is 36.3 Å². The molecule has 1 aromatic rings. The van der Waals surface area contributed by atoms with Crippen LogP contribution in [-0.2, 0) is 6.54 Å². The Labute approximate surface area is 122 Å². The molecule has 3 heteroatoms. The highest BCUT2D eigenvalue weighted by Gasteiger charge is 2.23. The van der Waals surface area contributed by atoms with E-state index in [1.54, 1.807) is 0 Å². The first-order chi connectivity index (χ1) is 9.19. The second-order valence-corrected chi connectivity index (χ2v) is 7.26. The Morgan fingerprint density at radius 2 is 1.95 bits per heavy atom. The van der Waals surface area contributed by atoms with Crippen LogP contribution in [0.5, 0.6) is 0 Å². The molecule has 0 unspecified atom stereocenters. The van der Waals surface area contributed by atoms with Gasteiger partial charge in [0, 0.05) is 24.0 Å². The fourth-order valence-corrected chi connectivity index (χ4v) is 3.77. The van der Waals surface area contributed by atoms with Crippen molar-refractivity contribution >= 4 is 11.3 Å². The van der Waals surface area contributed by atoms with Crippen molar-refractivity contribution in [2.45, 2.75) is 52.1 Å². The van der Waals surface area contributed by atoms with Crippen LogP contribution in [0.4, 0.5) is 0 Å². The van der Waals surface area contributed by atoms with Crippen molar-refractivity contribution in [1.29, 1.82) is 0 Å². The minimum Gasteiger partial charge on any atom is -0.330 e. The van der Waals surface area contributed by atoms with Gasteiger partial charge in [-0.3, -0.25) is 4.90 Å². The number of rotatable bonds is 6. The standard InChI is InChI=1S/C16H28N2S/c1-13(2)18(12-16-4-3-9-19-16)11-15-7-5-14(10-17)6-8-15/h3-4,9,13-15H,5-8,10-12,17H2,1-2H3. The first kappa shape index (κ1) is 15.0. The maximum absolute atomic E-state index is 5.78. The number of thiophene rings is 1. The summed E-state index contributed by atoms with van der Waals surface area (Å²) in [4.78, 5) is 4.13. The summed E-state index contributed by atoms with van der Waals surface area (Å²) in [5, 5.41) is 2.18. The molecule has 0 saturated heterocycles. The van der Waals surface area contributed by atoms with E-state index in [-0.39, 0.29) is 0 Å². The van der Waals surface area contributed by atoms with E-state index in [1.165, 1.54) is 37.1 Å². The molecule has 108 valence electrons. The van der Waals surface area contributed by atoms with Crippen molar-refractivity contribution in [3.8, 4) is 0 Å². The average molecular weight is 280 g/mol. The molecular formula is C16H28N2S. The highest BCUT2D eigenvalue weighted by Crippen LogP contribution is 2.29. The molecule has 0 aromatic carbocycles. The molecule has 0 radical (unpaired) electrons. The third-order valence-corrected chi connectivity index (χ3v) is 5.32. The van der Waals surface area contributed by atoms with Crippen LogP contribution in [0.25, 0.3) is 0 Å². The lowest BCUT2D eigenvalue weighted by atomic mass is 9.81. The summed E-state index contributed by atoms with van der Waals surface area (Å²) in [7, 11) is 0. The molecule has 2 N–H and O–H groups in total. The third kappa shape index (κ3) is 4.59. The maximum atomic E-state index is 5.78. The van der Waals surface area contributed by atoms with Crippen LogP contribution in [0, 0.1) is 11.8 Å². The van der Waals surface area contributed by atoms with Crippen molar-refractivity contribution in [1.82, 2.24) is 4.90 Å². The third-order valence-electron chi connectivity index (χ3n) is 4.46. The fourth-order valence-electron chi connectivity index (χ4n) is 3.04. The van der Waals surface area contributed by atoms with Crippen molar-refractivity contribution in [2.24, 2.45) is 17.6 Å². The molecule has 1 aliphatic rings. The van der Waals surface area contributed by atoms with E-state index in [0.717, 1.165) is 24.9 Å². The normalized spacial score (nSPS) is 24.3. The molecule has 2 rings (SSSR count). The topological polar surface area (TPSA) is 29.3 Å². The monoisotopic (exact) mass is 280 g/mol. The molecule has 2 nitrogen and oxygen atoms in total. The smallest absolute Gasteiger partial charge is 0.0330 e. The van der Waals surface area contributed by atoms with Crippen LogP contribution in [0.1, 0.15) is 44.4 Å². The van der Waals surface area contributed by atoms with Gasteiger partial charge in [0.05, 0.1) is 0 Å². The highest BCUT2D eigenvalue weighted by atomic mass is 32.1. The van der Waals surface area contributed by atoms with E-state index in [0.29, 0.717) is 6.04 Å². The van der Waals surface area contributed by atoms with E-state index >= 15 is 0 Å². The maximum Gasteiger partial charge on any atom is 0.0330 e. The summed E-state index contributed by atoms with van der Waals surface area (Å²) in [5.74, 6) is 1.67. The minimum atomic E-state index is 0.634. The summed E-state index contributed by atoms with van der Waals surface area (Å²) < 4.78 is 0. The van der Waals surface area contributed by atoms with Crippen LogP contribution >= 0.6 is 11.3 Å². The van der Waals surface area contributed by atoms with Crippen molar-refractivity contribution < 1.29 is 0 Å². The van der Waals surface area contributed by atoms with Gasteiger partial charge in [-0.2, -0.15) is 0 Å². The van der Waals surface area contributed by atoms with Gasteiger partial charge in [-0.1, -0.05) is 6.07 Å². The first-order valence-electron chi connectivity index (χ1n) is 7.65. The summed E-state index contributed by atoms with van der Waals surface area (Å²) in [6, 6.07) is 5.05. The number of nitrogens with zero attached hydrogens (tertiary/aromatic N) is 1. The lowest BCUT2D eigenvalue weighted by Crippen LogP contribution is -2.36. The first-order valence-corrected chi connectivity index (χ1v) is 8.53. The number of hydrogen-bond donors (Lipinski definition) is 1. The molecule has 0 amide bonds. The highest BCUT2D eigenvalue weighted by molar-refractivity contribution is 7.09. The minimum absolute atomic E-state index is 0.634. The zero-order valence-corrected chi connectivity index (χ0v) is 13.2. The van der Waals surface area contributed by atoms with E-state index < -0.39 is 0 Å². The molecule has 0 bridgehead atoms. The molecule has 1 heterocycles. The molecule has 1 aliphatic carbocycles. The Bertz CT molecular complexity index is 340. The van der Waals surface area contributed by atoms with Gasteiger partial charge in [-0.05, 0) is 69.4 Å². The van der Waals surface area contributed by atoms with Gasteiger partial charge in [0.2, 0.25) is 0 Å². The summed E-state index contributed by atoms with van der Waals surface area (Å²) in [5.41, 5.74) is 5.78. The molecule has 1 saturated carbocycles. The molecule has 0 atom stereocenters. The molecule has 19 heavy (non-hydrogen) atoms. The van der Waals surface area contributed by atoms with Gasteiger partial charge in [-0.15, -0.1) is 11.3 Å². The molecule has 0 spiro atoms. The molecular weight excluding hydrogens is 252 g/mol. The largest absolute Gasteiger partial charge is 0.330 e. The molecule has 1 aromatic heterocycles. The SMILES string of the molecule is CC(C)N(Cc1cccs1)CC1CCC(CN)CC1. The summed E-state index contributed by atoms with van der Waals surface area (Å²) >= 11 is 1.88. The number of hydrogen-bond acceptors (Lipinski definition) is 3. The average Bonchev–Trinajstić information content (AvgIpc) is 2.91. The Kier molecular flexibility index (Phi) is 5.86. The van der Waals surface area contributed by atoms with Crippen LogP contribution in [0.15, 0.2) is 17.5 Å². The van der Waals surface area contributed by atoms with Crippen molar-refractivity contribution in [3.05, 3.63) is 22.4 Å². The van der Waals surface area contributed by atoms with Gasteiger partial charge in [0.15, 0.2) is 0 Å². The second kappa shape index (κ2) is 7.41. The predicted molar refractivity (Wildman–Crippen MR) is 84.4 cm³/mol. The van der Waals surface area contributed by atoms with E-state index in [1.807, 2.05) is 11.3 Å². The van der Waals surface area contributed by atoms with E-state index in [9.17, 15) is 0 Å². The molecule has 0 aliphatic heterocycles. The second-order valence-electron chi connectivity index (χ2n) is 6.23. The van der Waals surface area contributed by atoms with Gasteiger partial charge >= 0.3 is 0 Å². The van der Waals surface area contributed by atoms with Crippen LogP contribution in [0.2, 0.25) is 0 Å². The fraction of sp³-hybridized carbons (Fsp3) is 0.750. The van der Waals surface area contributed by atoms with Crippen molar-refractivity contribution in [3.63, 3.8) is 0 Å². The van der Waals surface area contributed by atoms with Crippen LogP contribution in [0.3, 0.4) is 0 Å².